The van der Waals surface area contributed by atoms with E-state index in [0.717, 1.165) is 22.8 Å². The van der Waals surface area contributed by atoms with E-state index < -0.39 is 14.9 Å². The van der Waals surface area contributed by atoms with E-state index >= 15 is 0 Å². The van der Waals surface area contributed by atoms with Gasteiger partial charge in [-0.1, -0.05) is 24.3 Å². The molecule has 0 spiro atoms. The number of nitro benzene ring substituents is 1. The quantitative estimate of drug-likeness (QED) is 0.277. The van der Waals surface area contributed by atoms with Crippen molar-refractivity contribution in [3.05, 3.63) is 87.5 Å². The summed E-state index contributed by atoms with van der Waals surface area (Å²) < 4.78 is 34.0. The number of rotatable bonds is 8. The van der Waals surface area contributed by atoms with Gasteiger partial charge in [0.15, 0.2) is 0 Å². The van der Waals surface area contributed by atoms with Gasteiger partial charge in [0.1, 0.15) is 10.6 Å². The van der Waals surface area contributed by atoms with E-state index in [1.165, 1.54) is 25.3 Å². The van der Waals surface area contributed by atoms with Crippen LogP contribution in [-0.2, 0) is 10.0 Å². The molecule has 9 nitrogen and oxygen atoms in total. The zero-order valence-corrected chi connectivity index (χ0v) is 19.4. The lowest BCUT2D eigenvalue weighted by Gasteiger charge is -2.14. The van der Waals surface area contributed by atoms with Gasteiger partial charge in [-0.3, -0.25) is 20.3 Å². The minimum Gasteiger partial charge on any atom is -0.495 e. The number of benzene rings is 3. The van der Waals surface area contributed by atoms with Crippen LogP contribution in [0.3, 0.4) is 0 Å². The number of hydrogen-bond donors (Lipinski definition) is 2. The molecule has 0 aliphatic carbocycles. The molecular weight excluding hydrogens is 444 g/mol. The Bertz CT molecular complexity index is 1340. The second-order valence-corrected chi connectivity index (χ2v) is 9.00. The van der Waals surface area contributed by atoms with Crippen molar-refractivity contribution in [2.24, 2.45) is 5.10 Å². The lowest BCUT2D eigenvalue weighted by molar-refractivity contribution is -0.385. The Morgan fingerprint density at radius 3 is 2.39 bits per heavy atom. The first-order valence-corrected chi connectivity index (χ1v) is 11.4. The topological polar surface area (TPSA) is 123 Å². The van der Waals surface area contributed by atoms with Gasteiger partial charge in [-0.15, -0.1) is 0 Å². The number of nitro groups is 1. The summed E-state index contributed by atoms with van der Waals surface area (Å²) in [4.78, 5) is 10.3. The molecule has 0 atom stereocenters. The van der Waals surface area contributed by atoms with E-state index in [4.69, 9.17) is 4.74 Å². The fraction of sp³-hybridized carbons (Fsp3) is 0.174. The Hall–Kier alpha value is -3.92. The summed E-state index contributed by atoms with van der Waals surface area (Å²) in [5.74, 6) is 0.310. The van der Waals surface area contributed by atoms with E-state index in [1.54, 1.807) is 25.1 Å². The monoisotopic (exact) mass is 468 g/mol. The van der Waals surface area contributed by atoms with Crippen molar-refractivity contribution in [3.63, 3.8) is 0 Å². The van der Waals surface area contributed by atoms with Crippen LogP contribution < -0.4 is 14.9 Å². The number of methoxy groups -OCH3 is 1. The maximum atomic E-state index is 13.2. The van der Waals surface area contributed by atoms with Gasteiger partial charge in [0, 0.05) is 12.1 Å². The SMILES string of the molecule is COc1ccccc1NS(=O)(=O)c1cc([N+](=O)[O-])ccc1NN=C(C)c1ccc(C)c(C)c1. The molecule has 172 valence electrons. The van der Waals surface area contributed by atoms with Gasteiger partial charge in [0.2, 0.25) is 0 Å². The van der Waals surface area contributed by atoms with E-state index in [0.29, 0.717) is 11.5 Å². The number of non-ortho nitro benzene ring substituents is 1. The van der Waals surface area contributed by atoms with E-state index in [1.807, 2.05) is 32.0 Å². The molecule has 3 aromatic carbocycles. The number of hydrogen-bond acceptors (Lipinski definition) is 7. The third kappa shape index (κ3) is 5.47. The van der Waals surface area contributed by atoms with Gasteiger partial charge < -0.3 is 4.74 Å². The van der Waals surface area contributed by atoms with Gasteiger partial charge in [-0.2, -0.15) is 5.10 Å². The fourth-order valence-electron chi connectivity index (χ4n) is 3.04. The highest BCUT2D eigenvalue weighted by molar-refractivity contribution is 7.93. The number of aryl methyl sites for hydroxylation is 2. The Labute approximate surface area is 192 Å². The second kappa shape index (κ2) is 9.70. The summed E-state index contributed by atoms with van der Waals surface area (Å²) in [6.45, 7) is 5.78. The molecule has 0 aliphatic heterocycles. The first kappa shape index (κ1) is 23.7. The Morgan fingerprint density at radius 2 is 1.73 bits per heavy atom. The summed E-state index contributed by atoms with van der Waals surface area (Å²) in [7, 11) is -2.81. The predicted octanol–water partition coefficient (Wildman–Crippen LogP) is 4.86. The molecule has 0 amide bonds. The minimum atomic E-state index is -4.22. The molecule has 3 rings (SSSR count). The summed E-state index contributed by atoms with van der Waals surface area (Å²) in [5, 5.41) is 15.6. The number of sulfonamides is 1. The molecule has 0 saturated heterocycles. The number of anilines is 2. The molecule has 10 heteroatoms. The van der Waals surface area contributed by atoms with Crippen molar-refractivity contribution in [2.45, 2.75) is 25.7 Å². The average Bonchev–Trinajstić information content (AvgIpc) is 2.79. The third-order valence-corrected chi connectivity index (χ3v) is 6.49. The largest absolute Gasteiger partial charge is 0.495 e. The van der Waals surface area contributed by atoms with Crippen LogP contribution in [0.4, 0.5) is 17.1 Å². The lowest BCUT2D eigenvalue weighted by atomic mass is 10.0. The van der Waals surface area contributed by atoms with Gasteiger partial charge >= 0.3 is 0 Å². The van der Waals surface area contributed by atoms with Crippen molar-refractivity contribution in [1.29, 1.82) is 0 Å². The zero-order chi connectivity index (χ0) is 24.2. The lowest BCUT2D eigenvalue weighted by Crippen LogP contribution is -2.16. The molecule has 0 heterocycles. The summed E-state index contributed by atoms with van der Waals surface area (Å²) in [6.07, 6.45) is 0. The summed E-state index contributed by atoms with van der Waals surface area (Å²) in [5.41, 5.74) is 6.40. The number of hydrazone groups is 1. The third-order valence-electron chi connectivity index (χ3n) is 5.09. The van der Waals surface area contributed by atoms with Crippen LogP contribution in [0.15, 0.2) is 70.7 Å². The van der Waals surface area contributed by atoms with Crippen molar-refractivity contribution >= 4 is 32.8 Å². The summed E-state index contributed by atoms with van der Waals surface area (Å²) in [6, 6.07) is 15.9. The fourth-order valence-corrected chi connectivity index (χ4v) is 4.29. The van der Waals surface area contributed by atoms with Crippen LogP contribution in [0, 0.1) is 24.0 Å². The Kier molecular flexibility index (Phi) is 6.98. The van der Waals surface area contributed by atoms with Crippen molar-refractivity contribution < 1.29 is 18.1 Å². The smallest absolute Gasteiger partial charge is 0.270 e. The molecule has 2 N–H and O–H groups in total. The molecule has 33 heavy (non-hydrogen) atoms. The molecule has 0 saturated carbocycles. The molecule has 3 aromatic rings. The normalized spacial score (nSPS) is 11.7. The van der Waals surface area contributed by atoms with Gasteiger partial charge in [-0.05, 0) is 61.7 Å². The Balaban J connectivity index is 2.00. The maximum Gasteiger partial charge on any atom is 0.270 e. The minimum absolute atomic E-state index is 0.0891. The number of para-hydroxylation sites is 2. The van der Waals surface area contributed by atoms with Gasteiger partial charge in [0.05, 0.1) is 29.1 Å². The Morgan fingerprint density at radius 1 is 1.00 bits per heavy atom. The first-order chi connectivity index (χ1) is 15.6. The van der Waals surface area contributed by atoms with Crippen LogP contribution in [0.25, 0.3) is 0 Å². The van der Waals surface area contributed by atoms with Crippen molar-refractivity contribution in [1.82, 2.24) is 0 Å². The van der Waals surface area contributed by atoms with Crippen molar-refractivity contribution in [2.75, 3.05) is 17.3 Å². The van der Waals surface area contributed by atoms with E-state index in [9.17, 15) is 18.5 Å². The van der Waals surface area contributed by atoms with E-state index in [-0.39, 0.29) is 22.0 Å². The molecule has 0 radical (unpaired) electrons. The predicted molar refractivity (Wildman–Crippen MR) is 129 cm³/mol. The van der Waals surface area contributed by atoms with Crippen LogP contribution in [0.5, 0.6) is 5.75 Å². The highest BCUT2D eigenvalue weighted by Gasteiger charge is 2.24. The number of nitrogens with one attached hydrogen (secondary N) is 2. The molecular formula is C23H24N4O5S. The molecule has 0 unspecified atom stereocenters. The maximum absolute atomic E-state index is 13.2. The second-order valence-electron chi connectivity index (χ2n) is 7.35. The average molecular weight is 469 g/mol. The van der Waals surface area contributed by atoms with Gasteiger partial charge in [-0.25, -0.2) is 8.42 Å². The molecule has 0 fully saturated rings. The standard InChI is InChI=1S/C23H24N4O5S/c1-15-9-10-18(13-16(15)2)17(3)24-25-21-12-11-19(27(28)29)14-23(21)33(30,31)26-20-7-5-6-8-22(20)32-4/h5-14,25-26H,1-4H3. The van der Waals surface area contributed by atoms with E-state index in [2.05, 4.69) is 15.2 Å². The first-order valence-electron chi connectivity index (χ1n) is 9.94. The van der Waals surface area contributed by atoms with Crippen molar-refractivity contribution in [3.8, 4) is 5.75 Å². The van der Waals surface area contributed by atoms with Crippen LogP contribution in [0.2, 0.25) is 0 Å². The van der Waals surface area contributed by atoms with Crippen LogP contribution in [-0.4, -0.2) is 26.2 Å². The molecule has 0 aromatic heterocycles. The molecule has 0 aliphatic rings. The van der Waals surface area contributed by atoms with Gasteiger partial charge in [0.25, 0.3) is 15.7 Å². The highest BCUT2D eigenvalue weighted by atomic mass is 32.2. The summed E-state index contributed by atoms with van der Waals surface area (Å²) >= 11 is 0. The number of ether oxygens (including phenoxy) is 1. The number of nitrogens with zero attached hydrogens (tertiary/aromatic N) is 2. The van der Waals surface area contributed by atoms with Crippen LogP contribution >= 0.6 is 0 Å². The highest BCUT2D eigenvalue weighted by Crippen LogP contribution is 2.31. The zero-order valence-electron chi connectivity index (χ0n) is 18.6. The molecule has 0 bridgehead atoms. The van der Waals surface area contributed by atoms with Crippen LogP contribution in [0.1, 0.15) is 23.6 Å².